The summed E-state index contributed by atoms with van der Waals surface area (Å²) in [4.78, 5) is 27.3. The number of hydrogen-bond donors (Lipinski definition) is 1. The summed E-state index contributed by atoms with van der Waals surface area (Å²) in [5, 5.41) is 13.5. The van der Waals surface area contributed by atoms with Crippen LogP contribution in [-0.2, 0) is 17.8 Å². The zero-order chi connectivity index (χ0) is 15.0. The predicted octanol–water partition coefficient (Wildman–Crippen LogP) is 0.0602. The number of aliphatic carboxylic acids is 1. The van der Waals surface area contributed by atoms with Gasteiger partial charge >= 0.3 is 5.97 Å². The molecule has 0 unspecified atom stereocenters. The van der Waals surface area contributed by atoms with E-state index < -0.39 is 12.0 Å². The molecule has 1 saturated heterocycles. The molecule has 3 heterocycles. The molecule has 114 valence electrons. The summed E-state index contributed by atoms with van der Waals surface area (Å²) >= 11 is 0. The lowest BCUT2D eigenvalue weighted by Crippen LogP contribution is -2.56. The third-order valence-corrected chi connectivity index (χ3v) is 4.43. The van der Waals surface area contributed by atoms with E-state index in [2.05, 4.69) is 5.10 Å². The van der Waals surface area contributed by atoms with Gasteiger partial charge in [-0.2, -0.15) is 5.10 Å². The number of carbonyl (C=O) groups excluding carboxylic acids is 1. The third-order valence-electron chi connectivity index (χ3n) is 4.43. The molecule has 2 aliphatic heterocycles. The van der Waals surface area contributed by atoms with Gasteiger partial charge in [-0.15, -0.1) is 0 Å². The van der Waals surface area contributed by atoms with Gasteiger partial charge in [-0.1, -0.05) is 0 Å². The van der Waals surface area contributed by atoms with E-state index in [0.717, 1.165) is 31.5 Å². The van der Waals surface area contributed by atoms with E-state index >= 15 is 0 Å². The van der Waals surface area contributed by atoms with Crippen LogP contribution in [0.5, 0.6) is 0 Å². The third kappa shape index (κ3) is 2.53. The van der Waals surface area contributed by atoms with E-state index in [1.54, 1.807) is 23.0 Å². The first-order valence-electron chi connectivity index (χ1n) is 7.35. The van der Waals surface area contributed by atoms with Crippen LogP contribution in [0.3, 0.4) is 0 Å². The highest BCUT2D eigenvalue weighted by atomic mass is 16.4. The molecule has 1 aromatic heterocycles. The van der Waals surface area contributed by atoms with Crippen LogP contribution in [0.25, 0.3) is 0 Å². The molecule has 3 rings (SSSR count). The van der Waals surface area contributed by atoms with E-state index in [1.165, 1.54) is 0 Å². The van der Waals surface area contributed by atoms with Crippen LogP contribution in [0.2, 0.25) is 0 Å². The van der Waals surface area contributed by atoms with Crippen molar-refractivity contribution in [3.05, 3.63) is 17.5 Å². The second-order valence-electron chi connectivity index (χ2n) is 5.77. The van der Waals surface area contributed by atoms with Crippen LogP contribution in [-0.4, -0.2) is 69.3 Å². The van der Waals surface area contributed by atoms with Crippen LogP contribution >= 0.6 is 0 Å². The SMILES string of the molecule is CN1CCN(C(=O)c2cnn3c2CCCC3)C[C@H]1C(=O)O. The Morgan fingerprint density at radius 2 is 2.10 bits per heavy atom. The highest BCUT2D eigenvalue weighted by Gasteiger charge is 2.33. The van der Waals surface area contributed by atoms with Gasteiger partial charge in [0.1, 0.15) is 6.04 Å². The minimum absolute atomic E-state index is 0.0856. The molecule has 0 aromatic carbocycles. The Kier molecular flexibility index (Phi) is 3.67. The molecule has 1 aromatic rings. The van der Waals surface area contributed by atoms with Crippen molar-refractivity contribution >= 4 is 11.9 Å². The number of amides is 1. The van der Waals surface area contributed by atoms with E-state index in [0.29, 0.717) is 18.7 Å². The van der Waals surface area contributed by atoms with Crippen molar-refractivity contribution in [2.45, 2.75) is 31.8 Å². The lowest BCUT2D eigenvalue weighted by molar-refractivity contribution is -0.144. The largest absolute Gasteiger partial charge is 0.480 e. The number of aromatic nitrogens is 2. The van der Waals surface area contributed by atoms with E-state index in [4.69, 9.17) is 0 Å². The monoisotopic (exact) mass is 292 g/mol. The summed E-state index contributed by atoms with van der Waals surface area (Å²) < 4.78 is 1.90. The Bertz CT molecular complexity index is 569. The highest BCUT2D eigenvalue weighted by Crippen LogP contribution is 2.20. The number of piperazine rings is 1. The normalized spacial score (nSPS) is 22.9. The molecule has 0 saturated carbocycles. The van der Waals surface area contributed by atoms with E-state index in [-0.39, 0.29) is 12.5 Å². The van der Waals surface area contributed by atoms with Crippen LogP contribution in [0.15, 0.2) is 6.20 Å². The molecule has 0 bridgehead atoms. The van der Waals surface area contributed by atoms with Gasteiger partial charge in [0.2, 0.25) is 0 Å². The number of carbonyl (C=O) groups is 2. The topological polar surface area (TPSA) is 78.7 Å². The molecule has 7 nitrogen and oxygen atoms in total. The quantitative estimate of drug-likeness (QED) is 0.834. The summed E-state index contributed by atoms with van der Waals surface area (Å²) in [6.45, 7) is 2.23. The Morgan fingerprint density at radius 1 is 1.29 bits per heavy atom. The molecule has 0 radical (unpaired) electrons. The van der Waals surface area contributed by atoms with Crippen molar-refractivity contribution in [3.8, 4) is 0 Å². The van der Waals surface area contributed by atoms with Crippen LogP contribution < -0.4 is 0 Å². The first-order valence-corrected chi connectivity index (χ1v) is 7.35. The van der Waals surface area contributed by atoms with Crippen molar-refractivity contribution in [2.75, 3.05) is 26.7 Å². The van der Waals surface area contributed by atoms with Crippen molar-refractivity contribution < 1.29 is 14.7 Å². The Labute approximate surface area is 123 Å². The maximum absolute atomic E-state index is 12.7. The molecule has 7 heteroatoms. The maximum Gasteiger partial charge on any atom is 0.322 e. The lowest BCUT2D eigenvalue weighted by atomic mass is 10.1. The van der Waals surface area contributed by atoms with Gasteiger partial charge in [-0.25, -0.2) is 0 Å². The molecule has 2 aliphatic rings. The van der Waals surface area contributed by atoms with Crippen molar-refractivity contribution in [3.63, 3.8) is 0 Å². The summed E-state index contributed by atoms with van der Waals surface area (Å²) in [6.07, 6.45) is 4.68. The zero-order valence-corrected chi connectivity index (χ0v) is 12.2. The molecule has 0 spiro atoms. The van der Waals surface area contributed by atoms with Gasteiger partial charge < -0.3 is 10.0 Å². The molecular formula is C14H20N4O3. The minimum atomic E-state index is -0.882. The summed E-state index contributed by atoms with van der Waals surface area (Å²) in [7, 11) is 1.78. The lowest BCUT2D eigenvalue weighted by Gasteiger charge is -2.37. The van der Waals surface area contributed by atoms with Crippen LogP contribution in [0, 0.1) is 0 Å². The number of carboxylic acid groups (broad SMARTS) is 1. The number of likely N-dealkylation sites (N-methyl/N-ethyl adjacent to an activating group) is 1. The number of hydrogen-bond acceptors (Lipinski definition) is 4. The smallest absolute Gasteiger partial charge is 0.322 e. The minimum Gasteiger partial charge on any atom is -0.480 e. The average molecular weight is 292 g/mol. The predicted molar refractivity (Wildman–Crippen MR) is 75.1 cm³/mol. The fourth-order valence-electron chi connectivity index (χ4n) is 3.09. The van der Waals surface area contributed by atoms with Gasteiger partial charge in [-0.3, -0.25) is 19.2 Å². The van der Waals surface area contributed by atoms with E-state index in [9.17, 15) is 14.7 Å². The van der Waals surface area contributed by atoms with Gasteiger partial charge in [0.05, 0.1) is 17.5 Å². The average Bonchev–Trinajstić information content (AvgIpc) is 2.90. The molecular weight excluding hydrogens is 272 g/mol. The first-order chi connectivity index (χ1) is 10.1. The number of nitrogens with zero attached hydrogens (tertiary/aromatic N) is 4. The second-order valence-corrected chi connectivity index (χ2v) is 5.77. The standard InChI is InChI=1S/C14H20N4O3/c1-16-6-7-17(9-12(16)14(20)21)13(19)10-8-15-18-5-3-2-4-11(10)18/h8,12H,2-7,9H2,1H3,(H,20,21)/t12-/m0/s1. The van der Waals surface area contributed by atoms with Crippen molar-refractivity contribution in [2.24, 2.45) is 0 Å². The molecule has 21 heavy (non-hydrogen) atoms. The Balaban J connectivity index is 1.79. The van der Waals surface area contributed by atoms with Gasteiger partial charge in [-0.05, 0) is 26.3 Å². The zero-order valence-electron chi connectivity index (χ0n) is 12.2. The van der Waals surface area contributed by atoms with E-state index in [1.807, 2.05) is 4.68 Å². The van der Waals surface area contributed by atoms with Crippen molar-refractivity contribution in [1.29, 1.82) is 0 Å². The van der Waals surface area contributed by atoms with Crippen molar-refractivity contribution in [1.82, 2.24) is 19.6 Å². The number of carboxylic acids is 1. The van der Waals surface area contributed by atoms with Crippen LogP contribution in [0.1, 0.15) is 28.9 Å². The Hall–Kier alpha value is -1.89. The van der Waals surface area contributed by atoms with Gasteiger partial charge in [0.25, 0.3) is 5.91 Å². The fourth-order valence-corrected chi connectivity index (χ4v) is 3.09. The van der Waals surface area contributed by atoms with Gasteiger partial charge in [0, 0.05) is 26.2 Å². The second kappa shape index (κ2) is 5.48. The number of aryl methyl sites for hydroxylation is 1. The Morgan fingerprint density at radius 3 is 2.86 bits per heavy atom. The summed E-state index contributed by atoms with van der Waals surface area (Å²) in [5.74, 6) is -0.968. The molecule has 1 amide bonds. The highest BCUT2D eigenvalue weighted by molar-refractivity contribution is 5.95. The first kappa shape index (κ1) is 14.1. The fraction of sp³-hybridized carbons (Fsp3) is 0.643. The van der Waals surface area contributed by atoms with Gasteiger partial charge in [0.15, 0.2) is 0 Å². The maximum atomic E-state index is 12.7. The number of fused-ring (bicyclic) bond motifs is 1. The molecule has 0 aliphatic carbocycles. The molecule has 1 atom stereocenters. The molecule has 1 fully saturated rings. The summed E-state index contributed by atoms with van der Waals surface area (Å²) in [5.41, 5.74) is 1.64. The van der Waals surface area contributed by atoms with Crippen LogP contribution in [0.4, 0.5) is 0 Å². The number of rotatable bonds is 2. The summed E-state index contributed by atoms with van der Waals surface area (Å²) in [6, 6.07) is -0.630. The molecule has 1 N–H and O–H groups in total.